The van der Waals surface area contributed by atoms with Crippen LogP contribution in [0.4, 0.5) is 0 Å². The Balaban J connectivity index is 0.00000252. The van der Waals surface area contributed by atoms with Crippen LogP contribution >= 0.6 is 0 Å². The zero-order valence-electron chi connectivity index (χ0n) is 32.2. The molecule has 0 radical (unpaired) electrons. The fourth-order valence-corrected chi connectivity index (χ4v) is 34.5. The minimum Gasteiger partial charge on any atom is -1.00 e. The Hall–Kier alpha value is -1.96. The maximum Gasteiger partial charge on any atom is -1.00 e. The summed E-state index contributed by atoms with van der Waals surface area (Å²) in [4.78, 5) is 0. The van der Waals surface area contributed by atoms with E-state index < -0.39 is 20.9 Å². The summed E-state index contributed by atoms with van der Waals surface area (Å²) in [6.07, 6.45) is 12.6. The molecule has 1 saturated carbocycles. The van der Waals surface area contributed by atoms with Crippen LogP contribution in [0.5, 0.6) is 0 Å². The Morgan fingerprint density at radius 3 is 1.37 bits per heavy atom. The average molecular weight is 812 g/mol. The molecule has 7 rings (SSSR count). The Bertz CT molecular complexity index is 1750. The van der Waals surface area contributed by atoms with Crippen LogP contribution in [0.1, 0.15) is 128 Å². The monoisotopic (exact) mass is 809 g/mol. The van der Waals surface area contributed by atoms with Gasteiger partial charge < -0.3 is 24.8 Å². The standard InChI is InChI=1S/2C20H21.C7H15Si.2ClH.Zr/c2*1-14-12-16-6-5-7-18(19(16)13-14)15-8-10-17(11-9-15)20(2,3)4;8-6-7-4-2-1-3-5-7;;;/h2*5-13H,1-4H3;7H,1-6,8H2;2*1H;/q;;;;;+2/p-2. The van der Waals surface area contributed by atoms with Gasteiger partial charge in [0.25, 0.3) is 0 Å². The zero-order valence-corrected chi connectivity index (χ0v) is 37.6. The SMILES string of the molecule is CC1=Cc2c(-c3ccc(C(C)(C)C)cc3)cccc2[CH]1[Zr+2]([SiH2]CC1CCCCC1)[CH]1C(C)=Cc2c(-c3ccc(C(C)(C)C)cc3)cccc21.[Cl-].[Cl-]. The number of hydrogen-bond acceptors (Lipinski definition) is 0. The second-order valence-corrected chi connectivity index (χ2v) is 32.8. The Labute approximate surface area is 331 Å². The van der Waals surface area contributed by atoms with Crippen molar-refractivity contribution in [3.63, 3.8) is 0 Å². The number of halogens is 2. The number of benzene rings is 4. The summed E-state index contributed by atoms with van der Waals surface area (Å²) in [6, 6.07) is 35.1. The van der Waals surface area contributed by atoms with Crippen molar-refractivity contribution in [1.29, 1.82) is 0 Å². The normalized spacial score (nSPS) is 18.8. The Morgan fingerprint density at radius 1 is 0.569 bits per heavy atom. The molecule has 0 spiro atoms. The molecule has 3 aliphatic carbocycles. The largest absolute Gasteiger partial charge is 1.00 e. The molecule has 51 heavy (non-hydrogen) atoms. The van der Waals surface area contributed by atoms with Gasteiger partial charge in [0, 0.05) is 0 Å². The van der Waals surface area contributed by atoms with Crippen LogP contribution in [0, 0.1) is 5.92 Å². The van der Waals surface area contributed by atoms with Crippen LogP contribution in [0.2, 0.25) is 6.04 Å². The van der Waals surface area contributed by atoms with Gasteiger partial charge in [-0.3, -0.25) is 0 Å². The third-order valence-corrected chi connectivity index (χ3v) is 32.3. The quantitative estimate of drug-likeness (QED) is 0.178. The van der Waals surface area contributed by atoms with Crippen molar-refractivity contribution in [1.82, 2.24) is 0 Å². The number of allylic oxidation sites excluding steroid dienone is 2. The molecule has 0 bridgehead atoms. The first-order valence-electron chi connectivity index (χ1n) is 19.1. The maximum atomic E-state index is 2.62. The van der Waals surface area contributed by atoms with Crippen LogP contribution in [0.15, 0.2) is 96.1 Å². The number of hydrogen-bond donors (Lipinski definition) is 0. The Morgan fingerprint density at radius 2 is 0.980 bits per heavy atom. The van der Waals surface area contributed by atoms with Crippen molar-refractivity contribution in [3.05, 3.63) is 129 Å². The van der Waals surface area contributed by atoms with Crippen molar-refractivity contribution in [2.24, 2.45) is 5.92 Å². The predicted octanol–water partition coefficient (Wildman–Crippen LogP) is 6.94. The van der Waals surface area contributed by atoms with Crippen LogP contribution in [-0.2, 0) is 31.7 Å². The molecule has 2 atom stereocenters. The van der Waals surface area contributed by atoms with Gasteiger partial charge >= 0.3 is 309 Å². The average Bonchev–Trinajstić information content (AvgIpc) is 3.60. The van der Waals surface area contributed by atoms with Gasteiger partial charge in [0.05, 0.1) is 0 Å². The summed E-state index contributed by atoms with van der Waals surface area (Å²) in [6.45, 7) is 18.7. The van der Waals surface area contributed by atoms with Gasteiger partial charge in [0.15, 0.2) is 0 Å². The van der Waals surface area contributed by atoms with Crippen LogP contribution in [-0.4, -0.2) is 6.65 Å². The first kappa shape index (κ1) is 40.2. The minimum absolute atomic E-state index is 0. The molecule has 0 heterocycles. The summed E-state index contributed by atoms with van der Waals surface area (Å²) in [5, 5.41) is 0. The molecular weight excluding hydrogens is 755 g/mol. The summed E-state index contributed by atoms with van der Waals surface area (Å²) < 4.78 is 1.38. The van der Waals surface area contributed by atoms with E-state index in [0.717, 1.165) is 5.92 Å². The van der Waals surface area contributed by atoms with Crippen molar-refractivity contribution < 1.29 is 45.7 Å². The molecule has 0 amide bonds. The number of fused-ring (bicyclic) bond motifs is 2. The first-order chi connectivity index (χ1) is 23.4. The molecule has 4 aromatic rings. The fourth-order valence-electron chi connectivity index (χ4n) is 9.19. The molecular formula is C47H57Cl2SiZr. The third-order valence-electron chi connectivity index (χ3n) is 12.0. The molecule has 3 aliphatic rings. The summed E-state index contributed by atoms with van der Waals surface area (Å²) in [5.74, 6) is 0.992. The molecule has 4 heteroatoms. The van der Waals surface area contributed by atoms with E-state index in [1.54, 1.807) is 28.3 Å². The third kappa shape index (κ3) is 8.26. The van der Waals surface area contributed by atoms with Crippen LogP contribution in [0.25, 0.3) is 34.4 Å². The van der Waals surface area contributed by atoms with Crippen molar-refractivity contribution in [2.45, 2.75) is 112 Å². The fraction of sp³-hybridized carbons (Fsp3) is 0.404. The molecule has 2 unspecified atom stereocenters. The number of rotatable bonds is 7. The van der Waals surface area contributed by atoms with Crippen molar-refractivity contribution in [2.75, 3.05) is 0 Å². The minimum atomic E-state index is -2.10. The topological polar surface area (TPSA) is 0 Å². The van der Waals surface area contributed by atoms with Gasteiger partial charge in [-0.05, 0) is 0 Å². The van der Waals surface area contributed by atoms with Gasteiger partial charge in [-0.25, -0.2) is 0 Å². The first-order valence-corrected chi connectivity index (χ1v) is 28.9. The van der Waals surface area contributed by atoms with E-state index >= 15 is 0 Å². The van der Waals surface area contributed by atoms with E-state index in [-0.39, 0.29) is 42.3 Å². The molecule has 0 N–H and O–H groups in total. The van der Waals surface area contributed by atoms with Gasteiger partial charge in [-0.1, -0.05) is 0 Å². The molecule has 1 fully saturated rings. The van der Waals surface area contributed by atoms with E-state index in [1.807, 2.05) is 0 Å². The maximum absolute atomic E-state index is 2.62. The molecule has 0 saturated heterocycles. The molecule has 267 valence electrons. The summed E-state index contributed by atoms with van der Waals surface area (Å²) >= 11 is -2.10. The van der Waals surface area contributed by atoms with E-state index in [4.69, 9.17) is 0 Å². The van der Waals surface area contributed by atoms with E-state index in [2.05, 4.69) is 152 Å². The van der Waals surface area contributed by atoms with Gasteiger partial charge in [0.1, 0.15) is 0 Å². The zero-order chi connectivity index (χ0) is 34.5. The molecule has 0 aliphatic heterocycles. The smallest absolute Gasteiger partial charge is 1.00 e. The molecule has 4 aromatic carbocycles. The van der Waals surface area contributed by atoms with Crippen LogP contribution in [0.3, 0.4) is 0 Å². The van der Waals surface area contributed by atoms with Crippen LogP contribution < -0.4 is 24.8 Å². The van der Waals surface area contributed by atoms with Gasteiger partial charge in [0.2, 0.25) is 0 Å². The van der Waals surface area contributed by atoms with E-state index in [0.29, 0.717) is 7.25 Å². The molecule has 0 nitrogen and oxygen atoms in total. The summed E-state index contributed by atoms with van der Waals surface area (Å²) in [5.41, 5.74) is 18.4. The van der Waals surface area contributed by atoms with Crippen molar-refractivity contribution in [3.8, 4) is 22.3 Å². The van der Waals surface area contributed by atoms with Gasteiger partial charge in [-0.2, -0.15) is 0 Å². The van der Waals surface area contributed by atoms with Crippen molar-refractivity contribution >= 4 is 18.8 Å². The molecule has 0 aromatic heterocycles. The Kier molecular flexibility index (Phi) is 12.8. The van der Waals surface area contributed by atoms with Gasteiger partial charge in [-0.15, -0.1) is 0 Å². The second kappa shape index (κ2) is 16.2. The second-order valence-electron chi connectivity index (χ2n) is 17.5. The predicted molar refractivity (Wildman–Crippen MR) is 214 cm³/mol. The van der Waals surface area contributed by atoms with E-state index in [1.165, 1.54) is 76.6 Å². The van der Waals surface area contributed by atoms with E-state index in [9.17, 15) is 0 Å². The summed E-state index contributed by atoms with van der Waals surface area (Å²) in [7, 11) is 0.